The van der Waals surface area contributed by atoms with E-state index < -0.39 is 51.8 Å². The van der Waals surface area contributed by atoms with Crippen molar-refractivity contribution in [2.75, 3.05) is 26.4 Å². The van der Waals surface area contributed by atoms with Crippen LogP contribution < -0.4 is 0 Å². The van der Waals surface area contributed by atoms with E-state index in [-0.39, 0.29) is 19.4 Å². The highest BCUT2D eigenvalue weighted by Crippen LogP contribution is 2.43. The molecule has 44 heavy (non-hydrogen) atoms. The van der Waals surface area contributed by atoms with Gasteiger partial charge in [-0.2, -0.15) is 0 Å². The first-order chi connectivity index (χ1) is 21.2. The van der Waals surface area contributed by atoms with Crippen molar-refractivity contribution in [2.24, 2.45) is 0 Å². The minimum atomic E-state index is -4.59. The normalized spacial score (nSPS) is 14.2. The molecule has 3 unspecified atom stereocenters. The fourth-order valence-corrected chi connectivity index (χ4v) is 5.55. The van der Waals surface area contributed by atoms with Gasteiger partial charge in [0.25, 0.3) is 0 Å². The molecule has 11 heteroatoms. The molecule has 10 nitrogen and oxygen atoms in total. The van der Waals surface area contributed by atoms with Crippen molar-refractivity contribution in [3.05, 3.63) is 0 Å². The first-order valence-electron chi connectivity index (χ1n) is 17.5. The second-order valence-corrected chi connectivity index (χ2v) is 13.4. The van der Waals surface area contributed by atoms with Crippen LogP contribution in [0.25, 0.3) is 0 Å². The zero-order valence-electron chi connectivity index (χ0n) is 27.9. The van der Waals surface area contributed by atoms with Crippen LogP contribution in [-0.4, -0.2) is 65.7 Å². The van der Waals surface area contributed by atoms with Crippen molar-refractivity contribution < 1.29 is 47.8 Å². The summed E-state index contributed by atoms with van der Waals surface area (Å²) in [4.78, 5) is 34.6. The van der Waals surface area contributed by atoms with Crippen LogP contribution in [0.2, 0.25) is 0 Å². The Kier molecular flexibility index (Phi) is 29.9. The van der Waals surface area contributed by atoms with Gasteiger partial charge in [-0.15, -0.1) is 0 Å². The molecule has 262 valence electrons. The molecule has 0 heterocycles. The third-order valence-electron chi connectivity index (χ3n) is 7.51. The van der Waals surface area contributed by atoms with Gasteiger partial charge in [0.2, 0.25) is 0 Å². The number of hydrogen-bond donors (Lipinski definition) is 3. The number of aliphatic hydroxyl groups is 2. The molecular formula is C33H65O10P. The number of esters is 2. The smallest absolute Gasteiger partial charge is 0.462 e. The Hall–Kier alpha value is -1.03. The van der Waals surface area contributed by atoms with E-state index in [1.54, 1.807) is 0 Å². The number of ether oxygens (including phenoxy) is 2. The molecule has 0 aromatic rings. The molecule has 0 amide bonds. The standard InChI is InChI=1S/C33H65O10P/c1-3-5-7-9-11-13-14-15-16-17-19-21-23-25-33(37)43-31(29-42-44(38,39)41-27-30(35)26-34)28-40-32(36)24-22-20-18-12-10-8-6-4-2/h30-31,34-35H,3-29H2,1-2H3,(H,38,39). The number of carbonyl (C=O) groups excluding carboxylic acids is 2. The van der Waals surface area contributed by atoms with E-state index in [0.717, 1.165) is 38.5 Å². The molecule has 0 spiro atoms. The second-order valence-electron chi connectivity index (χ2n) is 11.9. The highest BCUT2D eigenvalue weighted by atomic mass is 31.2. The molecule has 0 aromatic carbocycles. The average Bonchev–Trinajstić information content (AvgIpc) is 3.00. The quantitative estimate of drug-likeness (QED) is 0.0362. The lowest BCUT2D eigenvalue weighted by atomic mass is 10.0. The number of unbranched alkanes of at least 4 members (excludes halogenated alkanes) is 19. The van der Waals surface area contributed by atoms with E-state index >= 15 is 0 Å². The molecule has 0 radical (unpaired) electrons. The molecule has 0 aliphatic carbocycles. The van der Waals surface area contributed by atoms with Gasteiger partial charge < -0.3 is 24.6 Å². The van der Waals surface area contributed by atoms with Gasteiger partial charge in [-0.25, -0.2) is 4.57 Å². The lowest BCUT2D eigenvalue weighted by molar-refractivity contribution is -0.161. The molecule has 0 aliphatic heterocycles. The predicted octanol–water partition coefficient (Wildman–Crippen LogP) is 7.94. The van der Waals surface area contributed by atoms with Crippen molar-refractivity contribution in [2.45, 2.75) is 174 Å². The van der Waals surface area contributed by atoms with E-state index in [2.05, 4.69) is 18.4 Å². The molecule has 0 rings (SSSR count). The lowest BCUT2D eigenvalue weighted by Crippen LogP contribution is -2.29. The van der Waals surface area contributed by atoms with Crippen molar-refractivity contribution in [1.29, 1.82) is 0 Å². The largest absolute Gasteiger partial charge is 0.472 e. The third kappa shape index (κ3) is 29.7. The summed E-state index contributed by atoms with van der Waals surface area (Å²) in [5, 5.41) is 18.2. The zero-order chi connectivity index (χ0) is 32.7. The SMILES string of the molecule is CCCCCCCCCCCCCCCC(=O)OC(COC(=O)CCCCCCCCCC)COP(=O)(O)OCC(O)CO. The minimum absolute atomic E-state index is 0.191. The van der Waals surface area contributed by atoms with Gasteiger partial charge in [-0.05, 0) is 12.8 Å². The molecule has 0 aromatic heterocycles. The van der Waals surface area contributed by atoms with Gasteiger partial charge in [0.15, 0.2) is 6.10 Å². The summed E-state index contributed by atoms with van der Waals surface area (Å²) >= 11 is 0. The number of hydrogen-bond acceptors (Lipinski definition) is 9. The van der Waals surface area contributed by atoms with Crippen molar-refractivity contribution in [3.8, 4) is 0 Å². The highest BCUT2D eigenvalue weighted by Gasteiger charge is 2.27. The molecule has 0 fully saturated rings. The highest BCUT2D eigenvalue weighted by molar-refractivity contribution is 7.47. The summed E-state index contributed by atoms with van der Waals surface area (Å²) in [6, 6.07) is 0. The summed E-state index contributed by atoms with van der Waals surface area (Å²) in [6.45, 7) is 2.33. The molecule has 3 atom stereocenters. The summed E-state index contributed by atoms with van der Waals surface area (Å²) in [7, 11) is -4.59. The number of phosphoric ester groups is 1. The zero-order valence-corrected chi connectivity index (χ0v) is 28.8. The summed E-state index contributed by atoms with van der Waals surface area (Å²) in [5.74, 6) is -0.923. The Bertz CT molecular complexity index is 721. The van der Waals surface area contributed by atoms with Gasteiger partial charge in [0.05, 0.1) is 19.8 Å². The van der Waals surface area contributed by atoms with E-state index in [1.165, 1.54) is 83.5 Å². The topological polar surface area (TPSA) is 149 Å². The number of rotatable bonds is 33. The van der Waals surface area contributed by atoms with E-state index in [0.29, 0.717) is 12.8 Å². The predicted molar refractivity (Wildman–Crippen MR) is 173 cm³/mol. The average molecular weight is 653 g/mol. The van der Waals surface area contributed by atoms with E-state index in [9.17, 15) is 24.2 Å². The molecular weight excluding hydrogens is 587 g/mol. The molecule has 3 N–H and O–H groups in total. The van der Waals surface area contributed by atoms with Gasteiger partial charge in [-0.1, -0.05) is 136 Å². The Morgan fingerprint density at radius 1 is 0.591 bits per heavy atom. The van der Waals surface area contributed by atoms with Gasteiger partial charge in [0.1, 0.15) is 12.7 Å². The fourth-order valence-electron chi connectivity index (χ4n) is 4.76. The van der Waals surface area contributed by atoms with Gasteiger partial charge >= 0.3 is 19.8 Å². The van der Waals surface area contributed by atoms with Crippen LogP contribution in [-0.2, 0) is 32.7 Å². The first-order valence-corrected chi connectivity index (χ1v) is 19.0. The maximum atomic E-state index is 12.5. The number of carbonyl (C=O) groups is 2. The fraction of sp³-hybridized carbons (Fsp3) is 0.939. The Morgan fingerprint density at radius 2 is 0.977 bits per heavy atom. The molecule has 0 saturated heterocycles. The summed E-state index contributed by atoms with van der Waals surface area (Å²) in [5.41, 5.74) is 0. The summed E-state index contributed by atoms with van der Waals surface area (Å²) < 4.78 is 32.4. The lowest BCUT2D eigenvalue weighted by Gasteiger charge is -2.20. The monoisotopic (exact) mass is 652 g/mol. The Balaban J connectivity index is 4.38. The van der Waals surface area contributed by atoms with Crippen molar-refractivity contribution >= 4 is 19.8 Å². The molecule has 0 bridgehead atoms. The van der Waals surface area contributed by atoms with E-state index in [1.807, 2.05) is 0 Å². The minimum Gasteiger partial charge on any atom is -0.462 e. The van der Waals surface area contributed by atoms with Crippen molar-refractivity contribution in [1.82, 2.24) is 0 Å². The number of aliphatic hydroxyl groups excluding tert-OH is 2. The molecule has 0 aliphatic rings. The van der Waals surface area contributed by atoms with E-state index in [4.69, 9.17) is 19.1 Å². The van der Waals surface area contributed by atoms with Crippen LogP contribution in [0, 0.1) is 0 Å². The van der Waals surface area contributed by atoms with Crippen molar-refractivity contribution in [3.63, 3.8) is 0 Å². The second kappa shape index (κ2) is 30.6. The van der Waals surface area contributed by atoms with Crippen LogP contribution >= 0.6 is 7.82 Å². The van der Waals surface area contributed by atoms with Crippen LogP contribution in [0.5, 0.6) is 0 Å². The first kappa shape index (κ1) is 43.0. The maximum absolute atomic E-state index is 12.5. The van der Waals surface area contributed by atoms with Crippen LogP contribution in [0.3, 0.4) is 0 Å². The Morgan fingerprint density at radius 3 is 1.41 bits per heavy atom. The van der Waals surface area contributed by atoms with Gasteiger partial charge in [0, 0.05) is 12.8 Å². The maximum Gasteiger partial charge on any atom is 0.472 e. The third-order valence-corrected chi connectivity index (χ3v) is 8.46. The van der Waals surface area contributed by atoms with Gasteiger partial charge in [-0.3, -0.25) is 18.6 Å². The van der Waals surface area contributed by atoms with Crippen LogP contribution in [0.4, 0.5) is 0 Å². The van der Waals surface area contributed by atoms with Crippen LogP contribution in [0.1, 0.15) is 162 Å². The van der Waals surface area contributed by atoms with Crippen LogP contribution in [0.15, 0.2) is 0 Å². The Labute approximate surface area is 267 Å². The number of phosphoric acid groups is 1. The summed E-state index contributed by atoms with van der Waals surface area (Å²) in [6.07, 6.45) is 22.3. The molecule has 0 saturated carbocycles.